The molecule has 0 unspecified atom stereocenters. The average molecular weight is 290 g/mol. The summed E-state index contributed by atoms with van der Waals surface area (Å²) >= 11 is 1.72. The van der Waals surface area contributed by atoms with Crippen molar-refractivity contribution in [3.05, 3.63) is 52.0 Å². The minimum absolute atomic E-state index is 0.109. The van der Waals surface area contributed by atoms with Crippen molar-refractivity contribution in [2.24, 2.45) is 0 Å². The van der Waals surface area contributed by atoms with Gasteiger partial charge in [0.25, 0.3) is 0 Å². The van der Waals surface area contributed by atoms with Crippen molar-refractivity contribution in [1.29, 1.82) is 0 Å². The molecule has 0 spiro atoms. The maximum atomic E-state index is 9.07. The zero-order valence-corrected chi connectivity index (χ0v) is 12.9. The number of nitrogens with zero attached hydrogens (tertiary/aromatic N) is 2. The molecule has 108 valence electrons. The van der Waals surface area contributed by atoms with Crippen LogP contribution >= 0.6 is 11.3 Å². The van der Waals surface area contributed by atoms with Gasteiger partial charge in [0.1, 0.15) is 0 Å². The smallest absolute Gasteiger partial charge is 0.0937 e. The first kappa shape index (κ1) is 15.2. The molecule has 2 rings (SSSR count). The van der Waals surface area contributed by atoms with Crippen LogP contribution in [0.1, 0.15) is 30.0 Å². The van der Waals surface area contributed by atoms with E-state index < -0.39 is 0 Å². The van der Waals surface area contributed by atoms with Gasteiger partial charge in [0, 0.05) is 37.1 Å². The van der Waals surface area contributed by atoms with Crippen LogP contribution in [0.15, 0.2) is 35.8 Å². The molecule has 1 aromatic carbocycles. The molecule has 1 heterocycles. The molecule has 0 saturated carbocycles. The van der Waals surface area contributed by atoms with Crippen LogP contribution in [0.4, 0.5) is 0 Å². The van der Waals surface area contributed by atoms with Crippen molar-refractivity contribution in [3.63, 3.8) is 0 Å². The average Bonchev–Trinajstić information content (AvgIpc) is 2.97. The fraction of sp³-hybridized carbons (Fsp3) is 0.438. The van der Waals surface area contributed by atoms with Gasteiger partial charge in [-0.1, -0.05) is 24.3 Å². The third kappa shape index (κ3) is 4.40. The van der Waals surface area contributed by atoms with Crippen LogP contribution < -0.4 is 0 Å². The van der Waals surface area contributed by atoms with Crippen molar-refractivity contribution in [2.75, 3.05) is 6.54 Å². The summed E-state index contributed by atoms with van der Waals surface area (Å²) in [6.07, 6.45) is 2.87. The van der Waals surface area contributed by atoms with Crippen LogP contribution in [0.2, 0.25) is 0 Å². The maximum absolute atomic E-state index is 9.07. The number of thiazole rings is 1. The molecular formula is C16H22N2OS. The molecule has 1 N–H and O–H groups in total. The van der Waals surface area contributed by atoms with Crippen molar-refractivity contribution < 1.29 is 5.11 Å². The summed E-state index contributed by atoms with van der Waals surface area (Å²) in [5.41, 5.74) is 2.25. The lowest BCUT2D eigenvalue weighted by molar-refractivity contribution is 0.215. The highest BCUT2D eigenvalue weighted by molar-refractivity contribution is 7.09. The zero-order chi connectivity index (χ0) is 14.4. The Kier molecular flexibility index (Phi) is 5.71. The summed E-state index contributed by atoms with van der Waals surface area (Å²) in [6.45, 7) is 6.52. The van der Waals surface area contributed by atoms with Crippen LogP contribution in [0.5, 0.6) is 0 Å². The Morgan fingerprint density at radius 3 is 2.45 bits per heavy atom. The zero-order valence-electron chi connectivity index (χ0n) is 12.1. The van der Waals surface area contributed by atoms with E-state index in [-0.39, 0.29) is 6.61 Å². The first-order valence-corrected chi connectivity index (χ1v) is 7.88. The first-order valence-electron chi connectivity index (χ1n) is 7.00. The van der Waals surface area contributed by atoms with Crippen LogP contribution in [-0.4, -0.2) is 27.6 Å². The molecule has 0 bridgehead atoms. The van der Waals surface area contributed by atoms with Crippen LogP contribution in [0, 0.1) is 0 Å². The van der Waals surface area contributed by atoms with Gasteiger partial charge in [-0.2, -0.15) is 0 Å². The molecule has 0 atom stereocenters. The minimum Gasteiger partial charge on any atom is -0.392 e. The third-order valence-electron chi connectivity index (χ3n) is 3.42. The van der Waals surface area contributed by atoms with E-state index in [0.717, 1.165) is 25.1 Å². The Hall–Kier alpha value is -1.23. The predicted octanol–water partition coefficient (Wildman–Crippen LogP) is 3.09. The number of aliphatic hydroxyl groups is 1. The lowest BCUT2D eigenvalue weighted by Gasteiger charge is -2.26. The SMILES string of the molecule is CC(C)N(CCc1nccs1)Cc1ccc(CO)cc1. The molecule has 0 saturated heterocycles. The van der Waals surface area contributed by atoms with Gasteiger partial charge in [0.05, 0.1) is 11.6 Å². The molecule has 0 radical (unpaired) electrons. The second-order valence-corrected chi connectivity index (χ2v) is 6.19. The summed E-state index contributed by atoms with van der Waals surface area (Å²) in [4.78, 5) is 6.80. The van der Waals surface area contributed by atoms with E-state index in [1.54, 1.807) is 11.3 Å². The number of hydrogen-bond acceptors (Lipinski definition) is 4. The number of benzene rings is 1. The fourth-order valence-corrected chi connectivity index (χ4v) is 2.73. The molecule has 0 aliphatic carbocycles. The Morgan fingerprint density at radius 1 is 1.20 bits per heavy atom. The highest BCUT2D eigenvalue weighted by Gasteiger charge is 2.11. The van der Waals surface area contributed by atoms with E-state index in [0.29, 0.717) is 6.04 Å². The van der Waals surface area contributed by atoms with E-state index in [1.807, 2.05) is 23.7 Å². The molecular weight excluding hydrogens is 268 g/mol. The Labute approximate surface area is 124 Å². The molecule has 0 aliphatic rings. The molecule has 0 fully saturated rings. The van der Waals surface area contributed by atoms with E-state index in [1.165, 1.54) is 10.6 Å². The van der Waals surface area contributed by atoms with Crippen molar-refractivity contribution >= 4 is 11.3 Å². The Morgan fingerprint density at radius 2 is 1.90 bits per heavy atom. The molecule has 2 aromatic rings. The van der Waals surface area contributed by atoms with Gasteiger partial charge in [-0.25, -0.2) is 4.98 Å². The van der Waals surface area contributed by atoms with E-state index >= 15 is 0 Å². The number of aliphatic hydroxyl groups excluding tert-OH is 1. The first-order chi connectivity index (χ1) is 9.69. The molecule has 20 heavy (non-hydrogen) atoms. The quantitative estimate of drug-likeness (QED) is 0.851. The van der Waals surface area contributed by atoms with Crippen molar-refractivity contribution in [2.45, 2.75) is 39.5 Å². The topological polar surface area (TPSA) is 36.4 Å². The second kappa shape index (κ2) is 7.53. The lowest BCUT2D eigenvalue weighted by atomic mass is 10.1. The Balaban J connectivity index is 1.94. The van der Waals surface area contributed by atoms with Gasteiger partial charge in [0.2, 0.25) is 0 Å². The van der Waals surface area contributed by atoms with Gasteiger partial charge in [-0.05, 0) is 25.0 Å². The predicted molar refractivity (Wildman–Crippen MR) is 83.7 cm³/mol. The summed E-state index contributed by atoms with van der Waals surface area (Å²) in [6, 6.07) is 8.70. The largest absolute Gasteiger partial charge is 0.392 e. The van der Waals surface area contributed by atoms with Crippen molar-refractivity contribution in [3.8, 4) is 0 Å². The third-order valence-corrected chi connectivity index (χ3v) is 4.26. The van der Waals surface area contributed by atoms with E-state index in [9.17, 15) is 0 Å². The van der Waals surface area contributed by atoms with E-state index in [2.05, 4.69) is 35.9 Å². The minimum atomic E-state index is 0.109. The van der Waals surface area contributed by atoms with E-state index in [4.69, 9.17) is 5.11 Å². The lowest BCUT2D eigenvalue weighted by Crippen LogP contribution is -2.32. The Bertz CT molecular complexity index is 494. The van der Waals surface area contributed by atoms with Crippen LogP contribution in [0.25, 0.3) is 0 Å². The highest BCUT2D eigenvalue weighted by Crippen LogP contribution is 2.12. The highest BCUT2D eigenvalue weighted by atomic mass is 32.1. The second-order valence-electron chi connectivity index (χ2n) is 5.21. The fourth-order valence-electron chi connectivity index (χ4n) is 2.12. The molecule has 4 heteroatoms. The summed E-state index contributed by atoms with van der Waals surface area (Å²) < 4.78 is 0. The van der Waals surface area contributed by atoms with Gasteiger partial charge in [0.15, 0.2) is 0 Å². The van der Waals surface area contributed by atoms with Gasteiger partial charge < -0.3 is 5.11 Å². The number of aromatic nitrogens is 1. The van der Waals surface area contributed by atoms with Gasteiger partial charge in [-0.3, -0.25) is 4.90 Å². The normalized spacial score (nSPS) is 11.4. The van der Waals surface area contributed by atoms with Gasteiger partial charge >= 0.3 is 0 Å². The van der Waals surface area contributed by atoms with Crippen molar-refractivity contribution in [1.82, 2.24) is 9.88 Å². The molecule has 0 aliphatic heterocycles. The van der Waals surface area contributed by atoms with Gasteiger partial charge in [-0.15, -0.1) is 11.3 Å². The summed E-state index contributed by atoms with van der Waals surface area (Å²) in [5, 5.41) is 12.3. The molecule has 3 nitrogen and oxygen atoms in total. The monoisotopic (exact) mass is 290 g/mol. The summed E-state index contributed by atoms with van der Waals surface area (Å²) in [7, 11) is 0. The molecule has 0 amide bonds. The summed E-state index contributed by atoms with van der Waals surface area (Å²) in [5.74, 6) is 0. The van der Waals surface area contributed by atoms with Crippen LogP contribution in [-0.2, 0) is 19.6 Å². The maximum Gasteiger partial charge on any atom is 0.0937 e. The standard InChI is InChI=1S/C16H22N2OS/c1-13(2)18(9-7-16-17-8-10-20-16)11-14-3-5-15(12-19)6-4-14/h3-6,8,10,13,19H,7,9,11-12H2,1-2H3. The number of hydrogen-bond donors (Lipinski definition) is 1. The molecule has 1 aromatic heterocycles. The van der Waals surface area contributed by atoms with Crippen LogP contribution in [0.3, 0.4) is 0 Å². The number of rotatable bonds is 7.